The predicted molar refractivity (Wildman–Crippen MR) is 150 cm³/mol. The Morgan fingerprint density at radius 1 is 0.946 bits per heavy atom. The molecule has 0 aliphatic rings. The number of benzene rings is 3. The van der Waals surface area contributed by atoms with E-state index in [1.165, 1.54) is 7.11 Å². The van der Waals surface area contributed by atoms with E-state index in [1.807, 2.05) is 48.5 Å². The minimum Gasteiger partial charge on any atom is -0.465 e. The van der Waals surface area contributed by atoms with Crippen molar-refractivity contribution < 1.29 is 14.3 Å². The van der Waals surface area contributed by atoms with Crippen LogP contribution in [0.25, 0.3) is 11.1 Å². The maximum atomic E-state index is 12.6. The van der Waals surface area contributed by atoms with Gasteiger partial charge in [0.1, 0.15) is 5.78 Å². The molecular formula is C32H36N2O3. The third-order valence-corrected chi connectivity index (χ3v) is 6.03. The first-order chi connectivity index (χ1) is 18.1. The standard InChI is InChI=1S/C30H32N2O3.C2H4/c1-3-4-5-6-12-26(33)19-24-11-9-14-28(30(34)35-2)29(24)32-21-22-15-17-23(18-16-22)27-13-8-7-10-25(27)20-31;1-2/h7-11,13-18,32H,3-6,12,19,21H2,1-2H3;1-2H2. The molecule has 0 saturated heterocycles. The van der Waals surface area contributed by atoms with E-state index >= 15 is 0 Å². The Bertz CT molecular complexity index is 1210. The lowest BCUT2D eigenvalue weighted by Crippen LogP contribution is -2.13. The molecule has 1 N–H and O–H groups in total. The first kappa shape index (κ1) is 29.1. The van der Waals surface area contributed by atoms with Crippen molar-refractivity contribution in [3.8, 4) is 17.2 Å². The molecule has 0 spiro atoms. The predicted octanol–water partition coefficient (Wildman–Crippen LogP) is 7.51. The van der Waals surface area contributed by atoms with Crippen LogP contribution in [0.1, 0.15) is 66.1 Å². The van der Waals surface area contributed by atoms with Crippen LogP contribution in [-0.2, 0) is 22.5 Å². The first-order valence-corrected chi connectivity index (χ1v) is 12.6. The van der Waals surface area contributed by atoms with Crippen LogP contribution in [0.5, 0.6) is 0 Å². The molecule has 3 aromatic rings. The van der Waals surface area contributed by atoms with E-state index in [2.05, 4.69) is 31.5 Å². The summed E-state index contributed by atoms with van der Waals surface area (Å²) < 4.78 is 4.98. The lowest BCUT2D eigenvalue weighted by atomic mass is 9.98. The van der Waals surface area contributed by atoms with Crippen molar-refractivity contribution in [1.82, 2.24) is 0 Å². The van der Waals surface area contributed by atoms with Crippen LogP contribution in [0, 0.1) is 11.3 Å². The highest BCUT2D eigenvalue weighted by molar-refractivity contribution is 5.97. The normalized spacial score (nSPS) is 9.97. The van der Waals surface area contributed by atoms with Gasteiger partial charge >= 0.3 is 5.97 Å². The molecule has 5 nitrogen and oxygen atoms in total. The van der Waals surface area contributed by atoms with E-state index in [0.717, 1.165) is 47.9 Å². The highest BCUT2D eigenvalue weighted by atomic mass is 16.5. The van der Waals surface area contributed by atoms with Crippen molar-refractivity contribution in [2.24, 2.45) is 0 Å². The maximum Gasteiger partial charge on any atom is 0.339 e. The molecule has 0 aliphatic carbocycles. The van der Waals surface area contributed by atoms with Crippen LogP contribution in [0.2, 0.25) is 0 Å². The van der Waals surface area contributed by atoms with Gasteiger partial charge in [0, 0.05) is 19.4 Å². The van der Waals surface area contributed by atoms with Crippen LogP contribution in [0.4, 0.5) is 5.69 Å². The van der Waals surface area contributed by atoms with E-state index in [9.17, 15) is 14.9 Å². The minimum absolute atomic E-state index is 0.173. The Morgan fingerprint density at radius 3 is 2.35 bits per heavy atom. The van der Waals surface area contributed by atoms with Gasteiger partial charge in [-0.2, -0.15) is 5.26 Å². The van der Waals surface area contributed by atoms with E-state index < -0.39 is 5.97 Å². The number of anilines is 1. The summed E-state index contributed by atoms with van der Waals surface area (Å²) in [5.41, 5.74) is 5.37. The number of hydrogen-bond donors (Lipinski definition) is 1. The SMILES string of the molecule is C=C.CCCCCCC(=O)Cc1cccc(C(=O)OC)c1NCc1ccc(-c2ccccc2C#N)cc1. The Kier molecular flexibility index (Phi) is 12.4. The summed E-state index contributed by atoms with van der Waals surface area (Å²) in [5.74, 6) is -0.264. The zero-order chi connectivity index (χ0) is 27.0. The first-order valence-electron chi connectivity index (χ1n) is 12.6. The van der Waals surface area contributed by atoms with Crippen molar-refractivity contribution in [2.45, 2.75) is 52.0 Å². The Balaban J connectivity index is 0.00000235. The molecule has 0 atom stereocenters. The number of hydrogen-bond acceptors (Lipinski definition) is 5. The van der Waals surface area contributed by atoms with Crippen LogP contribution < -0.4 is 5.32 Å². The molecule has 3 rings (SSSR count). The largest absolute Gasteiger partial charge is 0.465 e. The lowest BCUT2D eigenvalue weighted by molar-refractivity contribution is -0.118. The van der Waals surface area contributed by atoms with Gasteiger partial charge in [-0.15, -0.1) is 13.2 Å². The topological polar surface area (TPSA) is 79.2 Å². The fourth-order valence-corrected chi connectivity index (χ4v) is 4.11. The molecule has 0 heterocycles. The van der Waals surface area contributed by atoms with Crippen LogP contribution in [0.3, 0.4) is 0 Å². The highest BCUT2D eigenvalue weighted by Crippen LogP contribution is 2.26. The van der Waals surface area contributed by atoms with Gasteiger partial charge < -0.3 is 10.1 Å². The Hall–Kier alpha value is -4.17. The van der Waals surface area contributed by atoms with Gasteiger partial charge in [0.2, 0.25) is 0 Å². The second kappa shape index (κ2) is 15.7. The fourth-order valence-electron chi connectivity index (χ4n) is 4.11. The van der Waals surface area contributed by atoms with Crippen LogP contribution in [-0.4, -0.2) is 18.9 Å². The van der Waals surface area contributed by atoms with Crippen molar-refractivity contribution in [2.75, 3.05) is 12.4 Å². The number of carbonyl (C=O) groups excluding carboxylic acids is 2. The van der Waals surface area contributed by atoms with Crippen molar-refractivity contribution in [1.29, 1.82) is 5.26 Å². The summed E-state index contributed by atoms with van der Waals surface area (Å²) in [6, 6.07) is 23.1. The molecule has 0 saturated carbocycles. The second-order valence-corrected chi connectivity index (χ2v) is 8.57. The van der Waals surface area contributed by atoms with Crippen molar-refractivity contribution >= 4 is 17.4 Å². The van der Waals surface area contributed by atoms with Crippen LogP contribution in [0.15, 0.2) is 79.9 Å². The third-order valence-electron chi connectivity index (χ3n) is 6.03. The van der Waals surface area contributed by atoms with Gasteiger partial charge in [-0.1, -0.05) is 80.8 Å². The summed E-state index contributed by atoms with van der Waals surface area (Å²) >= 11 is 0. The molecule has 0 bridgehead atoms. The number of para-hydroxylation sites is 1. The maximum absolute atomic E-state index is 12.6. The average Bonchev–Trinajstić information content (AvgIpc) is 2.95. The van der Waals surface area contributed by atoms with E-state index in [0.29, 0.717) is 29.8 Å². The summed E-state index contributed by atoms with van der Waals surface area (Å²) in [7, 11) is 1.36. The van der Waals surface area contributed by atoms with Gasteiger partial charge in [0.05, 0.1) is 30.0 Å². The molecule has 0 amide bonds. The molecule has 0 radical (unpaired) electrons. The molecule has 5 heteroatoms. The zero-order valence-corrected chi connectivity index (χ0v) is 21.9. The fraction of sp³-hybridized carbons (Fsp3) is 0.281. The molecule has 0 fully saturated rings. The summed E-state index contributed by atoms with van der Waals surface area (Å²) in [4.78, 5) is 25.0. The van der Waals surface area contributed by atoms with Gasteiger partial charge in [0.25, 0.3) is 0 Å². The van der Waals surface area contributed by atoms with E-state index in [1.54, 1.807) is 18.2 Å². The molecule has 0 aliphatic heterocycles. The number of rotatable bonds is 12. The number of nitrogens with one attached hydrogen (secondary N) is 1. The minimum atomic E-state index is -0.437. The number of Topliss-reactive ketones (excluding diaryl/α,β-unsaturated/α-hetero) is 1. The van der Waals surface area contributed by atoms with E-state index in [-0.39, 0.29) is 12.2 Å². The highest BCUT2D eigenvalue weighted by Gasteiger charge is 2.17. The molecule has 3 aromatic carbocycles. The number of esters is 1. The average molecular weight is 497 g/mol. The van der Waals surface area contributed by atoms with Crippen LogP contribution >= 0.6 is 0 Å². The summed E-state index contributed by atoms with van der Waals surface area (Å²) in [6.45, 7) is 8.63. The molecular weight excluding hydrogens is 460 g/mol. The molecule has 0 unspecified atom stereocenters. The Labute approximate surface area is 220 Å². The number of unbranched alkanes of at least 4 members (excludes halogenated alkanes) is 3. The van der Waals surface area contributed by atoms with Gasteiger partial charge in [-0.3, -0.25) is 4.79 Å². The number of ketones is 1. The van der Waals surface area contributed by atoms with E-state index in [4.69, 9.17) is 4.74 Å². The number of ether oxygens (including phenoxy) is 1. The zero-order valence-electron chi connectivity index (χ0n) is 21.9. The van der Waals surface area contributed by atoms with Crippen molar-refractivity contribution in [3.63, 3.8) is 0 Å². The van der Waals surface area contributed by atoms with Crippen molar-refractivity contribution in [3.05, 3.63) is 102 Å². The summed E-state index contributed by atoms with van der Waals surface area (Å²) in [6.07, 6.45) is 5.06. The van der Waals surface area contributed by atoms with Gasteiger partial charge in [0.15, 0.2) is 0 Å². The molecule has 37 heavy (non-hydrogen) atoms. The smallest absolute Gasteiger partial charge is 0.339 e. The third kappa shape index (κ3) is 8.47. The number of methoxy groups -OCH3 is 1. The number of nitriles is 1. The molecule has 192 valence electrons. The summed E-state index contributed by atoms with van der Waals surface area (Å²) in [5, 5.41) is 12.7. The second-order valence-electron chi connectivity index (χ2n) is 8.57. The van der Waals surface area contributed by atoms with Gasteiger partial charge in [-0.05, 0) is 40.8 Å². The lowest BCUT2D eigenvalue weighted by Gasteiger charge is -2.16. The van der Waals surface area contributed by atoms with Gasteiger partial charge in [-0.25, -0.2) is 4.79 Å². The number of carbonyl (C=O) groups is 2. The number of nitrogens with zero attached hydrogens (tertiary/aromatic N) is 1. The Morgan fingerprint density at radius 2 is 1.68 bits per heavy atom. The quantitative estimate of drug-likeness (QED) is 0.159. The molecule has 0 aromatic heterocycles. The monoisotopic (exact) mass is 496 g/mol.